The fourth-order valence-electron chi connectivity index (χ4n) is 1.54. The highest BCUT2D eigenvalue weighted by Crippen LogP contribution is 2.32. The van der Waals surface area contributed by atoms with Gasteiger partial charge in [0.1, 0.15) is 0 Å². The Morgan fingerprint density at radius 1 is 1.10 bits per heavy atom. The molecule has 4 nitrogen and oxygen atoms in total. The van der Waals surface area contributed by atoms with Crippen LogP contribution in [0, 0.1) is 0 Å². The summed E-state index contributed by atoms with van der Waals surface area (Å²) in [7, 11) is 0. The molecule has 0 aliphatic carbocycles. The van der Waals surface area contributed by atoms with Gasteiger partial charge in [-0.1, -0.05) is 6.92 Å². The zero-order chi connectivity index (χ0) is 15.4. The normalized spacial score (nSPS) is 10.2. The van der Waals surface area contributed by atoms with Gasteiger partial charge in [0.05, 0.1) is 8.66 Å². The summed E-state index contributed by atoms with van der Waals surface area (Å²) in [4.78, 5) is 24.0. The fourth-order valence-corrected chi connectivity index (χ4v) is 3.47. The van der Waals surface area contributed by atoms with E-state index >= 15 is 0 Å². The number of benzene rings is 1. The van der Waals surface area contributed by atoms with Crippen molar-refractivity contribution in [2.45, 2.75) is 13.3 Å². The van der Waals surface area contributed by atoms with Crippen LogP contribution < -0.4 is 10.6 Å². The fraction of sp³-hybridized carbons (Fsp3) is 0.143. The number of nitrogens with one attached hydrogen (secondary N) is 2. The molecule has 0 saturated heterocycles. The van der Waals surface area contributed by atoms with Crippen molar-refractivity contribution in [2.24, 2.45) is 0 Å². The van der Waals surface area contributed by atoms with E-state index in [0.29, 0.717) is 22.7 Å². The molecular formula is C14H12Br2N2O2S. The number of anilines is 2. The molecule has 2 amide bonds. The minimum Gasteiger partial charge on any atom is -0.326 e. The van der Waals surface area contributed by atoms with Gasteiger partial charge in [-0.25, -0.2) is 0 Å². The summed E-state index contributed by atoms with van der Waals surface area (Å²) in [5.41, 5.74) is 1.39. The van der Waals surface area contributed by atoms with Gasteiger partial charge in [0.25, 0.3) is 5.91 Å². The Hall–Kier alpha value is -1.18. The predicted octanol–water partition coefficient (Wildman–Crippen LogP) is 4.87. The molecule has 21 heavy (non-hydrogen) atoms. The number of hydrogen-bond donors (Lipinski definition) is 2. The van der Waals surface area contributed by atoms with Crippen molar-refractivity contribution in [3.8, 4) is 0 Å². The molecule has 0 radical (unpaired) electrons. The monoisotopic (exact) mass is 430 g/mol. The maximum atomic E-state index is 12.1. The Morgan fingerprint density at radius 3 is 2.14 bits per heavy atom. The summed E-state index contributed by atoms with van der Waals surface area (Å²) in [5, 5.41) is 5.56. The molecule has 2 N–H and O–H groups in total. The Bertz CT molecular complexity index is 649. The minimum absolute atomic E-state index is 0.0416. The second-order valence-electron chi connectivity index (χ2n) is 4.17. The number of carbonyl (C=O) groups excluding carboxylic acids is 2. The van der Waals surface area contributed by atoms with E-state index in [0.717, 1.165) is 8.26 Å². The van der Waals surface area contributed by atoms with Gasteiger partial charge in [-0.2, -0.15) is 0 Å². The molecule has 0 bridgehead atoms. The SMILES string of the molecule is CCC(=O)Nc1ccc(NC(=O)c2cc(Br)c(Br)s2)cc1. The van der Waals surface area contributed by atoms with Crippen molar-refractivity contribution in [2.75, 3.05) is 10.6 Å². The van der Waals surface area contributed by atoms with Crippen LogP contribution in [0.5, 0.6) is 0 Å². The highest BCUT2D eigenvalue weighted by Gasteiger charge is 2.12. The van der Waals surface area contributed by atoms with E-state index in [9.17, 15) is 9.59 Å². The molecule has 0 aliphatic heterocycles. The van der Waals surface area contributed by atoms with E-state index in [1.165, 1.54) is 11.3 Å². The molecule has 1 aromatic heterocycles. The van der Waals surface area contributed by atoms with E-state index in [2.05, 4.69) is 42.5 Å². The van der Waals surface area contributed by atoms with E-state index in [4.69, 9.17) is 0 Å². The van der Waals surface area contributed by atoms with Crippen molar-refractivity contribution in [1.82, 2.24) is 0 Å². The Kier molecular flexibility index (Phi) is 5.55. The maximum absolute atomic E-state index is 12.1. The van der Waals surface area contributed by atoms with Crippen LogP contribution in [0.25, 0.3) is 0 Å². The lowest BCUT2D eigenvalue weighted by Crippen LogP contribution is -2.11. The minimum atomic E-state index is -0.170. The average Bonchev–Trinajstić information content (AvgIpc) is 2.81. The van der Waals surface area contributed by atoms with Gasteiger partial charge in [0.2, 0.25) is 5.91 Å². The highest BCUT2D eigenvalue weighted by molar-refractivity contribution is 9.13. The first-order valence-corrected chi connectivity index (χ1v) is 8.56. The number of carbonyl (C=O) groups is 2. The summed E-state index contributed by atoms with van der Waals surface area (Å²) < 4.78 is 1.74. The van der Waals surface area contributed by atoms with Crippen molar-refractivity contribution < 1.29 is 9.59 Å². The molecule has 1 aromatic carbocycles. The molecule has 7 heteroatoms. The van der Waals surface area contributed by atoms with Gasteiger partial charge >= 0.3 is 0 Å². The lowest BCUT2D eigenvalue weighted by molar-refractivity contribution is -0.115. The van der Waals surface area contributed by atoms with Crippen molar-refractivity contribution in [3.05, 3.63) is 43.5 Å². The van der Waals surface area contributed by atoms with Gasteiger partial charge in [-0.15, -0.1) is 11.3 Å². The predicted molar refractivity (Wildman–Crippen MR) is 93.0 cm³/mol. The lowest BCUT2D eigenvalue weighted by Gasteiger charge is -2.06. The summed E-state index contributed by atoms with van der Waals surface area (Å²) in [6.45, 7) is 1.79. The van der Waals surface area contributed by atoms with Gasteiger partial charge in [0.15, 0.2) is 0 Å². The van der Waals surface area contributed by atoms with Crippen LogP contribution in [0.15, 0.2) is 38.6 Å². The number of rotatable bonds is 4. The molecule has 110 valence electrons. The van der Waals surface area contributed by atoms with Gasteiger partial charge in [-0.05, 0) is 62.2 Å². The first-order chi connectivity index (χ1) is 9.99. The van der Waals surface area contributed by atoms with Crippen LogP contribution in [0.4, 0.5) is 11.4 Å². The summed E-state index contributed by atoms with van der Waals surface area (Å²) in [5.74, 6) is -0.211. The third kappa shape index (κ3) is 4.39. The summed E-state index contributed by atoms with van der Waals surface area (Å²) in [6.07, 6.45) is 0.431. The zero-order valence-corrected chi connectivity index (χ0v) is 15.1. The zero-order valence-electron chi connectivity index (χ0n) is 11.1. The Labute approximate surface area is 143 Å². The molecule has 0 aliphatic rings. The van der Waals surface area contributed by atoms with Crippen molar-refractivity contribution in [1.29, 1.82) is 0 Å². The van der Waals surface area contributed by atoms with Gasteiger partial charge < -0.3 is 10.6 Å². The third-order valence-electron chi connectivity index (χ3n) is 2.62. The Morgan fingerprint density at radius 2 is 1.67 bits per heavy atom. The third-order valence-corrected chi connectivity index (χ3v) is 5.87. The summed E-state index contributed by atoms with van der Waals surface area (Å²) in [6, 6.07) is 8.77. The number of halogens is 2. The number of amides is 2. The second kappa shape index (κ2) is 7.20. The molecule has 2 aromatic rings. The summed E-state index contributed by atoms with van der Waals surface area (Å²) >= 11 is 8.07. The van der Waals surface area contributed by atoms with E-state index in [1.54, 1.807) is 37.3 Å². The molecule has 2 rings (SSSR count). The molecule has 0 atom stereocenters. The van der Waals surface area contributed by atoms with E-state index < -0.39 is 0 Å². The largest absolute Gasteiger partial charge is 0.326 e. The standard InChI is InChI=1S/C14H12Br2N2O2S/c1-2-12(19)17-8-3-5-9(6-4-8)18-14(20)11-7-10(15)13(16)21-11/h3-7H,2H2,1H3,(H,17,19)(H,18,20). The van der Waals surface area contributed by atoms with E-state index in [-0.39, 0.29) is 11.8 Å². The Balaban J connectivity index is 2.03. The second-order valence-corrected chi connectivity index (χ2v) is 7.39. The first kappa shape index (κ1) is 16.2. The smallest absolute Gasteiger partial charge is 0.265 e. The highest BCUT2D eigenvalue weighted by atomic mass is 79.9. The van der Waals surface area contributed by atoms with Gasteiger partial charge in [0, 0.05) is 22.3 Å². The van der Waals surface area contributed by atoms with Crippen LogP contribution in [-0.4, -0.2) is 11.8 Å². The van der Waals surface area contributed by atoms with Crippen LogP contribution in [0.1, 0.15) is 23.0 Å². The lowest BCUT2D eigenvalue weighted by atomic mass is 10.2. The first-order valence-electron chi connectivity index (χ1n) is 6.15. The number of hydrogen-bond acceptors (Lipinski definition) is 3. The number of thiophene rings is 1. The molecule has 0 unspecified atom stereocenters. The quantitative estimate of drug-likeness (QED) is 0.725. The van der Waals surface area contributed by atoms with Crippen LogP contribution >= 0.6 is 43.2 Å². The van der Waals surface area contributed by atoms with Crippen LogP contribution in [0.2, 0.25) is 0 Å². The molecule has 1 heterocycles. The molecule has 0 fully saturated rings. The maximum Gasteiger partial charge on any atom is 0.265 e. The van der Waals surface area contributed by atoms with Crippen molar-refractivity contribution >= 4 is 66.4 Å². The van der Waals surface area contributed by atoms with Crippen molar-refractivity contribution in [3.63, 3.8) is 0 Å². The topological polar surface area (TPSA) is 58.2 Å². The van der Waals surface area contributed by atoms with Crippen LogP contribution in [0.3, 0.4) is 0 Å². The molecule has 0 spiro atoms. The van der Waals surface area contributed by atoms with Gasteiger partial charge in [-0.3, -0.25) is 9.59 Å². The van der Waals surface area contributed by atoms with Crippen LogP contribution in [-0.2, 0) is 4.79 Å². The molecular weight excluding hydrogens is 420 g/mol. The molecule has 0 saturated carbocycles. The van der Waals surface area contributed by atoms with E-state index in [1.807, 2.05) is 0 Å². The average molecular weight is 432 g/mol.